The van der Waals surface area contributed by atoms with Crippen molar-refractivity contribution in [2.45, 2.75) is 72.8 Å². The van der Waals surface area contributed by atoms with Crippen molar-refractivity contribution in [2.75, 3.05) is 13.1 Å². The van der Waals surface area contributed by atoms with E-state index in [4.69, 9.17) is 5.73 Å². The summed E-state index contributed by atoms with van der Waals surface area (Å²) >= 11 is 0. The molecule has 0 spiro atoms. The van der Waals surface area contributed by atoms with E-state index in [0.717, 1.165) is 32.2 Å². The minimum atomic E-state index is -0.325. The zero-order chi connectivity index (χ0) is 15.3. The smallest absolute Gasteiger partial charge is 0.230 e. The van der Waals surface area contributed by atoms with Crippen LogP contribution in [0.5, 0.6) is 0 Å². The molecule has 0 radical (unpaired) electrons. The van der Waals surface area contributed by atoms with E-state index in [1.807, 2.05) is 0 Å². The second kappa shape index (κ2) is 7.44. The van der Waals surface area contributed by atoms with Crippen molar-refractivity contribution in [1.82, 2.24) is 4.90 Å². The van der Waals surface area contributed by atoms with Crippen molar-refractivity contribution in [2.24, 2.45) is 23.0 Å². The molecule has 0 aliphatic carbocycles. The topological polar surface area (TPSA) is 46.3 Å². The molecule has 0 aromatic carbocycles. The Morgan fingerprint density at radius 3 is 2.20 bits per heavy atom. The minimum Gasteiger partial charge on any atom is -0.339 e. The molecule has 0 aromatic heterocycles. The highest BCUT2D eigenvalue weighted by Crippen LogP contribution is 2.36. The standard InChI is InChI=1S/C17H34N2O/c1-6-8-17(12-18,9-7-2)16(20)19-11-13(3)10-14(4)15(19)5/h13-15H,6-12,18H2,1-5H3. The number of carbonyl (C=O) groups excluding carboxylic acids is 1. The van der Waals surface area contributed by atoms with E-state index in [1.165, 1.54) is 6.42 Å². The third-order valence-electron chi connectivity index (χ3n) is 5.16. The van der Waals surface area contributed by atoms with Crippen LogP contribution in [-0.4, -0.2) is 29.9 Å². The molecule has 0 saturated carbocycles. The summed E-state index contributed by atoms with van der Waals surface area (Å²) in [5.74, 6) is 1.50. The molecular formula is C17H34N2O. The average molecular weight is 282 g/mol. The van der Waals surface area contributed by atoms with Crippen LogP contribution in [0.15, 0.2) is 0 Å². The van der Waals surface area contributed by atoms with Crippen molar-refractivity contribution in [3.63, 3.8) is 0 Å². The fraction of sp³-hybridized carbons (Fsp3) is 0.941. The molecule has 1 aliphatic heterocycles. The molecule has 1 fully saturated rings. The number of likely N-dealkylation sites (tertiary alicyclic amines) is 1. The van der Waals surface area contributed by atoms with Gasteiger partial charge in [0.25, 0.3) is 0 Å². The summed E-state index contributed by atoms with van der Waals surface area (Å²) in [6.07, 6.45) is 5.11. The van der Waals surface area contributed by atoms with Crippen LogP contribution in [0, 0.1) is 17.3 Å². The molecule has 3 nitrogen and oxygen atoms in total. The number of piperidine rings is 1. The van der Waals surface area contributed by atoms with Gasteiger partial charge in [-0.15, -0.1) is 0 Å². The first-order valence-electron chi connectivity index (χ1n) is 8.43. The predicted octanol–water partition coefficient (Wildman–Crippen LogP) is 3.42. The number of hydrogen-bond acceptors (Lipinski definition) is 2. The van der Waals surface area contributed by atoms with E-state index in [0.29, 0.717) is 30.3 Å². The van der Waals surface area contributed by atoms with E-state index >= 15 is 0 Å². The maximum atomic E-state index is 13.2. The van der Waals surface area contributed by atoms with Gasteiger partial charge in [0.2, 0.25) is 5.91 Å². The number of carbonyl (C=O) groups is 1. The highest BCUT2D eigenvalue weighted by atomic mass is 16.2. The van der Waals surface area contributed by atoms with E-state index in [9.17, 15) is 4.79 Å². The van der Waals surface area contributed by atoms with Gasteiger partial charge in [0.15, 0.2) is 0 Å². The summed E-state index contributed by atoms with van der Waals surface area (Å²) in [6.45, 7) is 12.4. The lowest BCUT2D eigenvalue weighted by Crippen LogP contribution is -2.56. The highest BCUT2D eigenvalue weighted by Gasteiger charge is 2.42. The van der Waals surface area contributed by atoms with E-state index in [2.05, 4.69) is 39.5 Å². The van der Waals surface area contributed by atoms with Crippen molar-refractivity contribution in [3.8, 4) is 0 Å². The van der Waals surface area contributed by atoms with Crippen LogP contribution in [0.25, 0.3) is 0 Å². The molecule has 0 bridgehead atoms. The summed E-state index contributed by atoms with van der Waals surface area (Å²) < 4.78 is 0. The second-order valence-corrected chi connectivity index (χ2v) is 7.00. The lowest BCUT2D eigenvalue weighted by Gasteiger charge is -2.46. The van der Waals surface area contributed by atoms with Crippen LogP contribution in [0.1, 0.15) is 66.7 Å². The SMILES string of the molecule is CCCC(CN)(CCC)C(=O)N1CC(C)CC(C)C1C. The molecule has 1 amide bonds. The maximum Gasteiger partial charge on any atom is 0.230 e. The molecule has 2 N–H and O–H groups in total. The van der Waals surface area contributed by atoms with Crippen molar-refractivity contribution in [1.29, 1.82) is 0 Å². The van der Waals surface area contributed by atoms with Gasteiger partial charge in [-0.3, -0.25) is 4.79 Å². The molecular weight excluding hydrogens is 248 g/mol. The van der Waals surface area contributed by atoms with E-state index in [-0.39, 0.29) is 5.41 Å². The van der Waals surface area contributed by atoms with Gasteiger partial charge >= 0.3 is 0 Å². The highest BCUT2D eigenvalue weighted by molar-refractivity contribution is 5.83. The van der Waals surface area contributed by atoms with Crippen LogP contribution in [-0.2, 0) is 4.79 Å². The van der Waals surface area contributed by atoms with E-state index < -0.39 is 0 Å². The first-order valence-corrected chi connectivity index (χ1v) is 8.43. The molecule has 20 heavy (non-hydrogen) atoms. The summed E-state index contributed by atoms with van der Waals surface area (Å²) in [5.41, 5.74) is 5.73. The number of nitrogens with zero attached hydrogens (tertiary/aromatic N) is 1. The van der Waals surface area contributed by atoms with Gasteiger partial charge in [-0.1, -0.05) is 40.5 Å². The summed E-state index contributed by atoms with van der Waals surface area (Å²) in [5, 5.41) is 0. The molecule has 0 aromatic rings. The third kappa shape index (κ3) is 3.55. The molecule has 3 heteroatoms. The molecule has 1 aliphatic rings. The van der Waals surface area contributed by atoms with Crippen molar-refractivity contribution in [3.05, 3.63) is 0 Å². The molecule has 3 unspecified atom stereocenters. The normalized spacial score (nSPS) is 27.7. The molecule has 3 atom stereocenters. The van der Waals surface area contributed by atoms with E-state index in [1.54, 1.807) is 0 Å². The Hall–Kier alpha value is -0.570. The first kappa shape index (κ1) is 17.5. The molecule has 1 saturated heterocycles. The Bertz CT molecular complexity index is 310. The Labute approximate surface area is 125 Å². The molecule has 1 heterocycles. The molecule has 1 rings (SSSR count). The van der Waals surface area contributed by atoms with Gasteiger partial charge < -0.3 is 10.6 Å². The lowest BCUT2D eigenvalue weighted by molar-refractivity contribution is -0.149. The van der Waals surface area contributed by atoms with Gasteiger partial charge in [-0.25, -0.2) is 0 Å². The Balaban J connectivity index is 2.97. The van der Waals surface area contributed by atoms with Crippen LogP contribution in [0.4, 0.5) is 0 Å². The minimum absolute atomic E-state index is 0.314. The van der Waals surface area contributed by atoms with Crippen molar-refractivity contribution < 1.29 is 4.79 Å². The summed E-state index contributed by atoms with van der Waals surface area (Å²) in [4.78, 5) is 15.3. The van der Waals surface area contributed by atoms with Crippen LogP contribution < -0.4 is 5.73 Å². The van der Waals surface area contributed by atoms with Gasteiger partial charge in [-0.2, -0.15) is 0 Å². The third-order valence-corrected chi connectivity index (χ3v) is 5.16. The zero-order valence-electron chi connectivity index (χ0n) is 14.1. The van der Waals surface area contributed by atoms with Crippen LogP contribution in [0.3, 0.4) is 0 Å². The zero-order valence-corrected chi connectivity index (χ0v) is 14.1. The number of hydrogen-bond donors (Lipinski definition) is 1. The van der Waals surface area contributed by atoms with Gasteiger partial charge in [0, 0.05) is 19.1 Å². The summed E-state index contributed by atoms with van der Waals surface area (Å²) in [7, 11) is 0. The number of amides is 1. The van der Waals surface area contributed by atoms with Crippen LogP contribution in [0.2, 0.25) is 0 Å². The first-order chi connectivity index (χ1) is 9.41. The quantitative estimate of drug-likeness (QED) is 0.811. The van der Waals surface area contributed by atoms with Crippen molar-refractivity contribution >= 4 is 5.91 Å². The maximum absolute atomic E-state index is 13.2. The van der Waals surface area contributed by atoms with Gasteiger partial charge in [0.05, 0.1) is 5.41 Å². The fourth-order valence-corrected chi connectivity index (χ4v) is 3.88. The fourth-order valence-electron chi connectivity index (χ4n) is 3.88. The average Bonchev–Trinajstić information content (AvgIpc) is 2.41. The largest absolute Gasteiger partial charge is 0.339 e. The Morgan fingerprint density at radius 2 is 1.75 bits per heavy atom. The predicted molar refractivity (Wildman–Crippen MR) is 85.4 cm³/mol. The summed E-state index contributed by atoms with van der Waals surface area (Å²) in [6, 6.07) is 0.346. The number of nitrogens with two attached hydrogens (primary N) is 1. The lowest BCUT2D eigenvalue weighted by atomic mass is 9.76. The van der Waals surface area contributed by atoms with Gasteiger partial charge in [0.1, 0.15) is 0 Å². The monoisotopic (exact) mass is 282 g/mol. The van der Waals surface area contributed by atoms with Crippen LogP contribution >= 0.6 is 0 Å². The van der Waals surface area contributed by atoms with Gasteiger partial charge in [-0.05, 0) is 38.0 Å². The second-order valence-electron chi connectivity index (χ2n) is 7.00. The molecule has 118 valence electrons. The number of rotatable bonds is 6. The Kier molecular flexibility index (Phi) is 6.50. The Morgan fingerprint density at radius 1 is 1.20 bits per heavy atom.